The number of nitrogens with two attached hydrogens (primary N) is 2. The third kappa shape index (κ3) is 8.93. The second kappa shape index (κ2) is 5.10. The van der Waals surface area contributed by atoms with Gasteiger partial charge in [-0.15, -0.1) is 0 Å². The zero-order valence-electron chi connectivity index (χ0n) is 2.92. The first-order chi connectivity index (χ1) is 2.27. The molecule has 0 aromatic carbocycles. The number of hydrogen-bond acceptors (Lipinski definition) is 1. The van der Waals surface area contributed by atoms with E-state index in [1.807, 2.05) is 0 Å². The summed E-state index contributed by atoms with van der Waals surface area (Å²) in [5.41, 5.74) is 4.58. The summed E-state index contributed by atoms with van der Waals surface area (Å²) in [5.74, 6) is 0. The second-order valence-electron chi connectivity index (χ2n) is 0.516. The third-order valence-corrected chi connectivity index (χ3v) is 0.316. The molecule has 0 aliphatic rings. The van der Waals surface area contributed by atoms with Crippen LogP contribution in [0.25, 0.3) is 0 Å². The molecule has 0 radical (unpaired) electrons. The van der Waals surface area contributed by atoms with Crippen LogP contribution in [-0.4, -0.2) is 5.58 Å². The van der Waals surface area contributed by atoms with Gasteiger partial charge in [-0.05, 0) is 0 Å². The Bertz CT molecular complexity index is 64.6. The first-order valence-electron chi connectivity index (χ1n) is 0.984. The Morgan fingerprint density at radius 3 is 2.00 bits per heavy atom. The van der Waals surface area contributed by atoms with Crippen molar-refractivity contribution in [2.24, 2.45) is 5.73 Å². The molecule has 0 bridgehead atoms. The van der Waals surface area contributed by atoms with Crippen LogP contribution in [-0.2, 0) is 21.9 Å². The maximum absolute atomic E-state index is 9.31. The summed E-state index contributed by atoms with van der Waals surface area (Å²) < 4.78 is 9.31. The van der Waals surface area contributed by atoms with Gasteiger partial charge in [-0.2, -0.15) is 0 Å². The first-order valence-corrected chi connectivity index (χ1v) is 1.80. The van der Waals surface area contributed by atoms with Crippen molar-refractivity contribution in [3.05, 3.63) is 0 Å². The molecule has 3 nitrogen and oxygen atoms in total. The fourth-order valence-electron chi connectivity index (χ4n) is 0. The van der Waals surface area contributed by atoms with Crippen molar-refractivity contribution in [1.29, 1.82) is 0 Å². The maximum atomic E-state index is 9.31. The molecular formula is CH4CrN2OP+. The van der Waals surface area contributed by atoms with E-state index in [0.717, 1.165) is 0 Å². The van der Waals surface area contributed by atoms with Crippen LogP contribution in [0.1, 0.15) is 0 Å². The van der Waals surface area contributed by atoms with Crippen molar-refractivity contribution in [3.63, 3.8) is 0 Å². The van der Waals surface area contributed by atoms with Gasteiger partial charge >= 0.3 is 5.58 Å². The molecule has 0 rings (SSSR count). The Morgan fingerprint density at radius 1 is 1.83 bits per heavy atom. The third-order valence-electron chi connectivity index (χ3n) is 0.105. The molecule has 0 unspecified atom stereocenters. The van der Waals surface area contributed by atoms with E-state index >= 15 is 0 Å². The summed E-state index contributed by atoms with van der Waals surface area (Å²) in [5, 5.41) is 4.66. The molecular weight excluding hydrogens is 139 g/mol. The molecule has 0 aromatic rings. The summed E-state index contributed by atoms with van der Waals surface area (Å²) in [6.07, 6.45) is 0. The van der Waals surface area contributed by atoms with Gasteiger partial charge in [0.1, 0.15) is 0 Å². The van der Waals surface area contributed by atoms with E-state index in [9.17, 15) is 4.57 Å². The molecule has 0 spiro atoms. The zero-order chi connectivity index (χ0) is 4.28. The predicted molar refractivity (Wildman–Crippen MR) is 18.7 cm³/mol. The predicted octanol–water partition coefficient (Wildman–Crippen LogP) is -1.65. The molecule has 4 N–H and O–H groups in total. The Labute approximate surface area is 47.8 Å². The minimum Gasteiger partial charge on any atom is -0.281 e. The van der Waals surface area contributed by atoms with E-state index in [1.54, 1.807) is 0 Å². The molecule has 0 saturated heterocycles. The zero-order valence-corrected chi connectivity index (χ0v) is 5.09. The quantitative estimate of drug-likeness (QED) is 0.262. The molecule has 6 heavy (non-hydrogen) atoms. The van der Waals surface area contributed by atoms with Crippen LogP contribution in [0.15, 0.2) is 0 Å². The van der Waals surface area contributed by atoms with Crippen LogP contribution in [0.2, 0.25) is 0 Å². The first kappa shape index (κ1) is 9.44. The number of rotatable bonds is 1. The smallest absolute Gasteiger partial charge is 0.281 e. The van der Waals surface area contributed by atoms with E-state index < -0.39 is 0 Å². The molecule has 5 heteroatoms. The Morgan fingerprint density at radius 2 is 2.00 bits per heavy atom. The Kier molecular flexibility index (Phi) is 8.03. The summed E-state index contributed by atoms with van der Waals surface area (Å²) in [7, 11) is -0.281. The standard InChI is InChI=1S/CH3N2OP.Cr/c2-1(3)5-4;/h(H3,2,3);/p+1. The normalized spacial score (nSPS) is 6.67. The van der Waals surface area contributed by atoms with Crippen molar-refractivity contribution in [2.75, 3.05) is 0 Å². The van der Waals surface area contributed by atoms with Crippen LogP contribution >= 0.6 is 8.46 Å². The fourth-order valence-corrected chi connectivity index (χ4v) is 0. The Balaban J connectivity index is 0. The average Bonchev–Trinajstić information content (AvgIpc) is 1.38. The van der Waals surface area contributed by atoms with E-state index in [0.29, 0.717) is 0 Å². The minimum atomic E-state index is -0.281. The minimum absolute atomic E-state index is 0. The largest absolute Gasteiger partial charge is 0.331 e. The average molecular weight is 143 g/mol. The molecule has 0 atom stereocenters. The summed E-state index contributed by atoms with van der Waals surface area (Å²) in [6, 6.07) is 0. The summed E-state index contributed by atoms with van der Waals surface area (Å²) >= 11 is 0. The number of hydrogen-bond donors (Lipinski definition) is 2. The maximum Gasteiger partial charge on any atom is 0.331 e. The van der Waals surface area contributed by atoms with Crippen molar-refractivity contribution in [1.82, 2.24) is 0 Å². The van der Waals surface area contributed by atoms with Crippen molar-refractivity contribution in [2.45, 2.75) is 0 Å². The van der Waals surface area contributed by atoms with Crippen molar-refractivity contribution >= 4 is 14.0 Å². The van der Waals surface area contributed by atoms with Crippen molar-refractivity contribution in [3.8, 4) is 0 Å². The summed E-state index contributed by atoms with van der Waals surface area (Å²) in [4.78, 5) is 0. The molecule has 0 aliphatic carbocycles. The molecule has 0 saturated carbocycles. The topological polar surface area (TPSA) is 68.7 Å². The van der Waals surface area contributed by atoms with Crippen LogP contribution < -0.4 is 11.1 Å². The molecule has 34 valence electrons. The van der Waals surface area contributed by atoms with Gasteiger partial charge in [0.15, 0.2) is 0 Å². The van der Waals surface area contributed by atoms with Gasteiger partial charge in [-0.3, -0.25) is 15.7 Å². The van der Waals surface area contributed by atoms with Gasteiger partial charge in [0, 0.05) is 17.4 Å². The van der Waals surface area contributed by atoms with Crippen LogP contribution in [0.3, 0.4) is 0 Å². The van der Waals surface area contributed by atoms with E-state index in [4.69, 9.17) is 0 Å². The molecule has 0 aromatic heterocycles. The monoisotopic (exact) mass is 143 g/mol. The number of amidine groups is 1. The van der Waals surface area contributed by atoms with E-state index in [-0.39, 0.29) is 31.4 Å². The second-order valence-corrected chi connectivity index (χ2v) is 1.22. The van der Waals surface area contributed by atoms with Gasteiger partial charge in [0.05, 0.1) is 0 Å². The van der Waals surface area contributed by atoms with Gasteiger partial charge in [-0.25, -0.2) is 0 Å². The summed E-state index contributed by atoms with van der Waals surface area (Å²) in [6.45, 7) is 0. The van der Waals surface area contributed by atoms with E-state index in [2.05, 4.69) is 11.1 Å². The molecule has 0 aliphatic heterocycles. The van der Waals surface area contributed by atoms with Gasteiger partial charge in [0.2, 0.25) is 0 Å². The van der Waals surface area contributed by atoms with Gasteiger partial charge in [0.25, 0.3) is 8.46 Å². The van der Waals surface area contributed by atoms with Crippen molar-refractivity contribution < 1.29 is 27.3 Å². The van der Waals surface area contributed by atoms with Gasteiger partial charge < -0.3 is 0 Å². The van der Waals surface area contributed by atoms with Crippen LogP contribution in [0, 0.1) is 0 Å². The van der Waals surface area contributed by atoms with Crippen LogP contribution in [0.5, 0.6) is 0 Å². The fraction of sp³-hybridized carbons (Fsp3) is 0. The van der Waals surface area contributed by atoms with Crippen LogP contribution in [0.4, 0.5) is 0 Å². The molecule has 0 fully saturated rings. The van der Waals surface area contributed by atoms with Gasteiger partial charge in [-0.1, -0.05) is 0 Å². The molecule has 0 heterocycles. The molecule has 0 amide bonds. The SMILES string of the molecule is NC(=[NH2+])P=O.[Cr]. The Hall–Kier alpha value is 0.102. The van der Waals surface area contributed by atoms with E-state index in [1.165, 1.54) is 0 Å².